The first-order valence-electron chi connectivity index (χ1n) is 9.58. The van der Waals surface area contributed by atoms with Crippen LogP contribution in [0.1, 0.15) is 33.3 Å². The van der Waals surface area contributed by atoms with E-state index in [1.165, 1.54) is 0 Å². The minimum absolute atomic E-state index is 0.575. The summed E-state index contributed by atoms with van der Waals surface area (Å²) in [4.78, 5) is 0. The predicted molar refractivity (Wildman–Crippen MR) is 102 cm³/mol. The van der Waals surface area contributed by atoms with E-state index >= 15 is 0 Å². The van der Waals surface area contributed by atoms with Gasteiger partial charge in [-0.2, -0.15) is 0 Å². The van der Waals surface area contributed by atoms with Gasteiger partial charge in [0, 0.05) is 11.6 Å². The fraction of sp³-hybridized carbons (Fsp3) is 0.789. The van der Waals surface area contributed by atoms with Crippen molar-refractivity contribution in [3.8, 4) is 11.8 Å². The van der Waals surface area contributed by atoms with Crippen molar-refractivity contribution in [2.45, 2.75) is 34.6 Å². The molecule has 0 aromatic carbocycles. The summed E-state index contributed by atoms with van der Waals surface area (Å²) in [6.45, 7) is 18.5. The molecule has 0 atom stereocenters. The van der Waals surface area contributed by atoms with E-state index in [-0.39, 0.29) is 0 Å². The van der Waals surface area contributed by atoms with Gasteiger partial charge >= 0.3 is 0 Å². The number of aromatic nitrogens is 2. The molecule has 1 rings (SSSR count). The fourth-order valence-corrected chi connectivity index (χ4v) is 2.48. The van der Waals surface area contributed by atoms with Crippen LogP contribution in [0, 0.1) is 6.92 Å². The van der Waals surface area contributed by atoms with E-state index in [1.54, 1.807) is 0 Å². The van der Waals surface area contributed by atoms with Gasteiger partial charge in [-0.15, -0.1) is 10.2 Å². The van der Waals surface area contributed by atoms with Crippen LogP contribution in [-0.2, 0) is 0 Å². The Labute approximate surface area is 153 Å². The Bertz CT molecular complexity index is 514. The Kier molecular flexibility index (Phi) is 8.59. The molecule has 6 heteroatoms. The van der Waals surface area contributed by atoms with E-state index < -0.39 is 0 Å². The Morgan fingerprint density at radius 2 is 1.28 bits per heavy atom. The second-order valence-electron chi connectivity index (χ2n) is 7.32. The van der Waals surface area contributed by atoms with Crippen LogP contribution in [0.5, 0.6) is 11.8 Å². The lowest BCUT2D eigenvalue weighted by Crippen LogP contribution is -2.46. The van der Waals surface area contributed by atoms with Crippen LogP contribution in [0.25, 0.3) is 0 Å². The largest absolute Gasteiger partial charge is 0.471 e. The van der Waals surface area contributed by atoms with Crippen molar-refractivity contribution >= 4 is 0 Å². The zero-order chi connectivity index (χ0) is 18.9. The molecule has 0 aliphatic heterocycles. The molecule has 0 fully saturated rings. The van der Waals surface area contributed by atoms with Crippen molar-refractivity contribution in [3.63, 3.8) is 0 Å². The van der Waals surface area contributed by atoms with Gasteiger partial charge in [-0.1, -0.05) is 0 Å². The molecule has 0 aliphatic carbocycles. The first-order valence-corrected chi connectivity index (χ1v) is 9.58. The number of nitrogens with zero attached hydrogens (tertiary/aromatic N) is 4. The quantitative estimate of drug-likeness (QED) is 0.541. The highest BCUT2D eigenvalue weighted by Crippen LogP contribution is 2.18. The van der Waals surface area contributed by atoms with Crippen molar-refractivity contribution in [3.05, 3.63) is 11.6 Å². The SMILES string of the molecule is CC[N+](C)(CC)CCOc1cc(C)c(OCC[N+](C)(CC)CC)nn1. The van der Waals surface area contributed by atoms with Crippen LogP contribution in [-0.4, -0.2) is 85.7 Å². The lowest BCUT2D eigenvalue weighted by atomic mass is 10.3. The van der Waals surface area contributed by atoms with Gasteiger partial charge in [-0.3, -0.25) is 0 Å². The van der Waals surface area contributed by atoms with Gasteiger partial charge in [0.15, 0.2) is 0 Å². The van der Waals surface area contributed by atoms with Crippen LogP contribution < -0.4 is 9.47 Å². The van der Waals surface area contributed by atoms with Crippen molar-refractivity contribution in [1.82, 2.24) is 10.2 Å². The van der Waals surface area contributed by atoms with E-state index in [0.717, 1.165) is 53.8 Å². The molecule has 0 radical (unpaired) electrons. The summed E-state index contributed by atoms with van der Waals surface area (Å²) < 4.78 is 13.6. The summed E-state index contributed by atoms with van der Waals surface area (Å²) in [6.07, 6.45) is 0. The summed E-state index contributed by atoms with van der Waals surface area (Å²) >= 11 is 0. The summed E-state index contributed by atoms with van der Waals surface area (Å²) in [5.41, 5.74) is 0.968. The number of aryl methyl sites for hydroxylation is 1. The number of ether oxygens (including phenoxy) is 2. The average Bonchev–Trinajstić information content (AvgIpc) is 2.63. The summed E-state index contributed by atoms with van der Waals surface area (Å²) in [5, 5.41) is 8.35. The molecule has 0 spiro atoms. The molecule has 1 heterocycles. The molecule has 0 amide bonds. The van der Waals surface area contributed by atoms with E-state index in [4.69, 9.17) is 9.47 Å². The number of hydrogen-bond acceptors (Lipinski definition) is 4. The van der Waals surface area contributed by atoms with Gasteiger partial charge in [0.05, 0.1) is 40.3 Å². The van der Waals surface area contributed by atoms with E-state index in [9.17, 15) is 0 Å². The summed E-state index contributed by atoms with van der Waals surface area (Å²) in [5.74, 6) is 1.18. The molecule has 0 saturated heterocycles. The average molecular weight is 355 g/mol. The first-order chi connectivity index (χ1) is 11.8. The predicted octanol–water partition coefficient (Wildman–Crippen LogP) is 2.52. The molecular formula is C19H38N4O2+2. The molecule has 0 aliphatic rings. The van der Waals surface area contributed by atoms with Gasteiger partial charge in [0.25, 0.3) is 0 Å². The van der Waals surface area contributed by atoms with Gasteiger partial charge in [-0.05, 0) is 34.6 Å². The van der Waals surface area contributed by atoms with E-state index in [0.29, 0.717) is 25.0 Å². The van der Waals surface area contributed by atoms with Gasteiger partial charge < -0.3 is 18.4 Å². The standard InChI is InChI=1S/C19H38N4O2/c1-8-22(6,9-2)12-14-24-18-16-17(5)19(21-20-18)25-15-13-23(7,10-3)11-4/h16H,8-15H2,1-7H3/q+2. The van der Waals surface area contributed by atoms with Crippen molar-refractivity contribution in [1.29, 1.82) is 0 Å². The van der Waals surface area contributed by atoms with E-state index in [2.05, 4.69) is 52.0 Å². The number of quaternary nitrogens is 2. The molecule has 1 aromatic rings. The minimum Gasteiger partial charge on any atom is -0.471 e. The highest BCUT2D eigenvalue weighted by atomic mass is 16.5. The third kappa shape index (κ3) is 6.78. The lowest BCUT2D eigenvalue weighted by molar-refractivity contribution is -0.906. The zero-order valence-electron chi connectivity index (χ0n) is 17.3. The summed E-state index contributed by atoms with van der Waals surface area (Å²) in [7, 11) is 4.49. The van der Waals surface area contributed by atoms with Crippen LogP contribution in [0.2, 0.25) is 0 Å². The highest BCUT2D eigenvalue weighted by Gasteiger charge is 2.18. The smallest absolute Gasteiger partial charge is 0.236 e. The van der Waals surface area contributed by atoms with Crippen LogP contribution in [0.4, 0.5) is 0 Å². The molecule has 0 bridgehead atoms. The maximum absolute atomic E-state index is 5.84. The van der Waals surface area contributed by atoms with Gasteiger partial charge in [-0.25, -0.2) is 0 Å². The van der Waals surface area contributed by atoms with E-state index in [1.807, 2.05) is 13.0 Å². The fourth-order valence-electron chi connectivity index (χ4n) is 2.48. The third-order valence-corrected chi connectivity index (χ3v) is 5.72. The molecule has 0 saturated carbocycles. The minimum atomic E-state index is 0.575. The first kappa shape index (κ1) is 21.6. The number of hydrogen-bond donors (Lipinski definition) is 0. The molecule has 0 N–H and O–H groups in total. The molecule has 0 unspecified atom stereocenters. The second kappa shape index (κ2) is 9.92. The van der Waals surface area contributed by atoms with Crippen molar-refractivity contribution < 1.29 is 18.4 Å². The molecule has 6 nitrogen and oxygen atoms in total. The molecular weight excluding hydrogens is 316 g/mol. The Morgan fingerprint density at radius 3 is 1.72 bits per heavy atom. The Balaban J connectivity index is 2.51. The maximum atomic E-state index is 5.84. The molecule has 1 aromatic heterocycles. The normalized spacial score (nSPS) is 12.3. The lowest BCUT2D eigenvalue weighted by Gasteiger charge is -2.32. The van der Waals surface area contributed by atoms with Crippen molar-refractivity contribution in [2.24, 2.45) is 0 Å². The number of likely N-dealkylation sites (N-methyl/N-ethyl adjacent to an activating group) is 2. The van der Waals surface area contributed by atoms with Crippen LogP contribution in [0.3, 0.4) is 0 Å². The van der Waals surface area contributed by atoms with Crippen LogP contribution in [0.15, 0.2) is 6.07 Å². The van der Waals surface area contributed by atoms with Gasteiger partial charge in [0.1, 0.15) is 26.3 Å². The summed E-state index contributed by atoms with van der Waals surface area (Å²) in [6, 6.07) is 1.91. The monoisotopic (exact) mass is 354 g/mol. The van der Waals surface area contributed by atoms with Crippen molar-refractivity contribution in [2.75, 3.05) is 66.6 Å². The Morgan fingerprint density at radius 1 is 0.800 bits per heavy atom. The second-order valence-corrected chi connectivity index (χ2v) is 7.32. The van der Waals surface area contributed by atoms with Crippen LogP contribution >= 0.6 is 0 Å². The maximum Gasteiger partial charge on any atom is 0.236 e. The van der Waals surface area contributed by atoms with Gasteiger partial charge in [0.2, 0.25) is 11.8 Å². The number of rotatable bonds is 12. The zero-order valence-corrected chi connectivity index (χ0v) is 17.3. The highest BCUT2D eigenvalue weighted by molar-refractivity contribution is 5.27. The third-order valence-electron chi connectivity index (χ3n) is 5.72. The topological polar surface area (TPSA) is 44.2 Å². The Hall–Kier alpha value is -1.40. The molecule has 144 valence electrons. The molecule has 25 heavy (non-hydrogen) atoms.